The van der Waals surface area contributed by atoms with E-state index >= 15 is 0 Å². The molecule has 2 aliphatic heterocycles. The normalized spacial score (nSPS) is 17.8. The zero-order chi connectivity index (χ0) is 19.0. The highest BCUT2D eigenvalue weighted by molar-refractivity contribution is 6.11. The van der Waals surface area contributed by atoms with Crippen LogP contribution in [0.2, 0.25) is 0 Å². The molecule has 2 aromatic carbocycles. The summed E-state index contributed by atoms with van der Waals surface area (Å²) in [5.74, 6) is 1.72. The molecule has 2 aliphatic rings. The van der Waals surface area contributed by atoms with Crippen molar-refractivity contribution in [3.8, 4) is 17.2 Å². The molecule has 0 saturated carbocycles. The summed E-state index contributed by atoms with van der Waals surface area (Å²) < 4.78 is 17.0. The first-order valence-corrected chi connectivity index (χ1v) is 9.20. The molecule has 0 amide bonds. The van der Waals surface area contributed by atoms with Crippen molar-refractivity contribution in [2.24, 2.45) is 0 Å². The van der Waals surface area contributed by atoms with E-state index < -0.39 is 0 Å². The maximum atomic E-state index is 13.1. The van der Waals surface area contributed by atoms with Gasteiger partial charge in [0.1, 0.15) is 6.54 Å². The molecule has 2 heterocycles. The minimum atomic E-state index is -0.0595. The van der Waals surface area contributed by atoms with Gasteiger partial charge < -0.3 is 19.1 Å². The lowest BCUT2D eigenvalue weighted by Crippen LogP contribution is -3.08. The number of fused-ring (bicyclic) bond motifs is 2. The molecule has 5 heteroatoms. The van der Waals surface area contributed by atoms with Gasteiger partial charge in [0.05, 0.1) is 31.8 Å². The van der Waals surface area contributed by atoms with E-state index in [0.717, 1.165) is 36.2 Å². The van der Waals surface area contributed by atoms with Crippen LogP contribution >= 0.6 is 0 Å². The fourth-order valence-electron chi connectivity index (χ4n) is 3.80. The Morgan fingerprint density at radius 2 is 1.89 bits per heavy atom. The van der Waals surface area contributed by atoms with Crippen molar-refractivity contribution in [1.82, 2.24) is 0 Å². The van der Waals surface area contributed by atoms with Gasteiger partial charge in [-0.25, -0.2) is 0 Å². The molecule has 1 N–H and O–H groups in total. The maximum Gasteiger partial charge on any atom is 0.231 e. The molecule has 27 heavy (non-hydrogen) atoms. The molecule has 140 valence electrons. The highest BCUT2D eigenvalue weighted by atomic mass is 16.7. The maximum absolute atomic E-state index is 13.1. The van der Waals surface area contributed by atoms with E-state index in [9.17, 15) is 4.79 Å². The fraction of sp³-hybridized carbons (Fsp3) is 0.318. The SMILES string of the molecule is COc1c2c(c(C(=O)/C=C/c3ccc(C)cc3)c3c1OCO3)CC[NH+](C)C2. The predicted octanol–water partition coefficient (Wildman–Crippen LogP) is 2.20. The number of nitrogens with one attached hydrogen (secondary N) is 1. The van der Waals surface area contributed by atoms with Crippen LogP contribution in [0.4, 0.5) is 0 Å². The third-order valence-electron chi connectivity index (χ3n) is 5.22. The van der Waals surface area contributed by atoms with Crippen LogP contribution in [0.3, 0.4) is 0 Å². The Morgan fingerprint density at radius 3 is 2.63 bits per heavy atom. The summed E-state index contributed by atoms with van der Waals surface area (Å²) in [5, 5.41) is 0. The number of likely N-dealkylation sites (N-methyl/N-ethyl adjacent to an activating group) is 1. The number of quaternary nitrogens is 1. The van der Waals surface area contributed by atoms with Crippen molar-refractivity contribution in [3.05, 3.63) is 58.2 Å². The Balaban J connectivity index is 1.78. The van der Waals surface area contributed by atoms with Crippen LogP contribution in [0.1, 0.15) is 32.6 Å². The first-order chi connectivity index (χ1) is 13.1. The summed E-state index contributed by atoms with van der Waals surface area (Å²) in [4.78, 5) is 14.5. The number of allylic oxidation sites excluding steroid dienone is 1. The predicted molar refractivity (Wildman–Crippen MR) is 103 cm³/mol. The van der Waals surface area contributed by atoms with Gasteiger partial charge in [0.15, 0.2) is 17.3 Å². The monoisotopic (exact) mass is 366 g/mol. The van der Waals surface area contributed by atoms with Gasteiger partial charge in [-0.2, -0.15) is 0 Å². The molecule has 5 nitrogen and oxygen atoms in total. The summed E-state index contributed by atoms with van der Waals surface area (Å²) in [7, 11) is 3.78. The van der Waals surface area contributed by atoms with Gasteiger partial charge in [-0.15, -0.1) is 0 Å². The van der Waals surface area contributed by atoms with Crippen molar-refractivity contribution in [3.63, 3.8) is 0 Å². The topological polar surface area (TPSA) is 49.2 Å². The van der Waals surface area contributed by atoms with Crippen LogP contribution in [0.15, 0.2) is 30.3 Å². The molecule has 1 unspecified atom stereocenters. The molecular formula is C22H24NO4+. The van der Waals surface area contributed by atoms with E-state index in [-0.39, 0.29) is 12.6 Å². The number of ether oxygens (including phenoxy) is 3. The second-order valence-electron chi connectivity index (χ2n) is 7.17. The third-order valence-corrected chi connectivity index (χ3v) is 5.22. The Hall–Kier alpha value is -2.79. The van der Waals surface area contributed by atoms with Crippen molar-refractivity contribution < 1.29 is 23.9 Å². The van der Waals surface area contributed by atoms with Crippen molar-refractivity contribution in [2.45, 2.75) is 19.9 Å². The number of hydrogen-bond donors (Lipinski definition) is 1. The van der Waals surface area contributed by atoms with E-state index in [0.29, 0.717) is 22.8 Å². The summed E-state index contributed by atoms with van der Waals surface area (Å²) in [5.41, 5.74) is 4.89. The minimum Gasteiger partial charge on any atom is -0.492 e. The lowest BCUT2D eigenvalue weighted by Gasteiger charge is -2.26. The van der Waals surface area contributed by atoms with Gasteiger partial charge in [0.2, 0.25) is 12.5 Å². The van der Waals surface area contributed by atoms with Crippen LogP contribution in [0.25, 0.3) is 6.08 Å². The Kier molecular flexibility index (Phi) is 4.62. The van der Waals surface area contributed by atoms with E-state index in [1.165, 1.54) is 10.5 Å². The number of aryl methyl sites for hydroxylation is 1. The number of ketones is 1. The largest absolute Gasteiger partial charge is 0.492 e. The van der Waals surface area contributed by atoms with Gasteiger partial charge in [-0.05, 0) is 24.1 Å². The standard InChI is InChI=1S/C22H23NO4/c1-14-4-6-15(7-5-14)8-9-18(24)19-16-10-11-23(2)12-17(16)20(25-3)22-21(19)26-13-27-22/h4-9H,10-13H2,1-3H3/p+1/b9-8+. The van der Waals surface area contributed by atoms with E-state index in [1.54, 1.807) is 13.2 Å². The van der Waals surface area contributed by atoms with Gasteiger partial charge in [0, 0.05) is 6.42 Å². The van der Waals surface area contributed by atoms with Gasteiger partial charge >= 0.3 is 0 Å². The molecule has 0 saturated heterocycles. The number of methoxy groups -OCH3 is 1. The number of rotatable bonds is 4. The van der Waals surface area contributed by atoms with Gasteiger partial charge in [-0.1, -0.05) is 35.9 Å². The lowest BCUT2D eigenvalue weighted by molar-refractivity contribution is -0.895. The molecule has 0 radical (unpaired) electrons. The quantitative estimate of drug-likeness (QED) is 0.666. The average Bonchev–Trinajstić information content (AvgIpc) is 3.14. The second kappa shape index (κ2) is 7.08. The average molecular weight is 366 g/mol. The molecule has 0 bridgehead atoms. The summed E-state index contributed by atoms with van der Waals surface area (Å²) in [6.45, 7) is 3.93. The molecule has 0 spiro atoms. The summed E-state index contributed by atoms with van der Waals surface area (Å²) in [6.07, 6.45) is 4.29. The Bertz CT molecular complexity index is 915. The number of benzene rings is 2. The third kappa shape index (κ3) is 3.19. The Morgan fingerprint density at radius 1 is 1.15 bits per heavy atom. The smallest absolute Gasteiger partial charge is 0.231 e. The first kappa shape index (κ1) is 17.6. The molecule has 0 aromatic heterocycles. The molecule has 4 rings (SSSR count). The van der Waals surface area contributed by atoms with Crippen LogP contribution in [0, 0.1) is 6.92 Å². The van der Waals surface area contributed by atoms with E-state index in [2.05, 4.69) is 7.05 Å². The fourth-order valence-corrected chi connectivity index (χ4v) is 3.80. The van der Waals surface area contributed by atoms with Crippen LogP contribution in [0.5, 0.6) is 17.2 Å². The zero-order valence-electron chi connectivity index (χ0n) is 15.9. The van der Waals surface area contributed by atoms with Crippen molar-refractivity contribution in [1.29, 1.82) is 0 Å². The van der Waals surface area contributed by atoms with Crippen LogP contribution < -0.4 is 19.1 Å². The van der Waals surface area contributed by atoms with Crippen LogP contribution in [-0.4, -0.2) is 33.3 Å². The highest BCUT2D eigenvalue weighted by Gasteiger charge is 2.35. The molecule has 0 fully saturated rings. The zero-order valence-corrected chi connectivity index (χ0v) is 15.9. The Labute approximate surface area is 159 Å². The molecule has 2 aromatic rings. The van der Waals surface area contributed by atoms with Gasteiger partial charge in [0.25, 0.3) is 0 Å². The lowest BCUT2D eigenvalue weighted by atomic mass is 9.90. The van der Waals surface area contributed by atoms with Gasteiger partial charge in [-0.3, -0.25) is 4.79 Å². The van der Waals surface area contributed by atoms with Crippen molar-refractivity contribution in [2.75, 3.05) is 27.5 Å². The first-order valence-electron chi connectivity index (χ1n) is 9.20. The number of carbonyl (C=O) groups excluding carboxylic acids is 1. The van der Waals surface area contributed by atoms with E-state index in [1.807, 2.05) is 37.3 Å². The molecule has 0 aliphatic carbocycles. The van der Waals surface area contributed by atoms with E-state index in [4.69, 9.17) is 14.2 Å². The number of carbonyl (C=O) groups is 1. The highest BCUT2D eigenvalue weighted by Crippen LogP contribution is 2.48. The van der Waals surface area contributed by atoms with Crippen molar-refractivity contribution >= 4 is 11.9 Å². The minimum absolute atomic E-state index is 0.0595. The van der Waals surface area contributed by atoms with Crippen LogP contribution in [-0.2, 0) is 13.0 Å². The molecule has 1 atom stereocenters. The number of hydrogen-bond acceptors (Lipinski definition) is 4. The summed E-state index contributed by atoms with van der Waals surface area (Å²) >= 11 is 0. The second-order valence-corrected chi connectivity index (χ2v) is 7.17. The molecular weight excluding hydrogens is 342 g/mol. The summed E-state index contributed by atoms with van der Waals surface area (Å²) in [6, 6.07) is 8.08.